The SMILES string of the molecule is CC(C)(C)OC(=O)NC(CCC(=O)OCCl)C(=O)OCCl. The van der Waals surface area contributed by atoms with Gasteiger partial charge in [0.2, 0.25) is 0 Å². The number of alkyl halides is 2. The number of amides is 1. The fourth-order valence-electron chi connectivity index (χ4n) is 1.25. The molecule has 0 radical (unpaired) electrons. The van der Waals surface area contributed by atoms with Gasteiger partial charge in [0.25, 0.3) is 0 Å². The second kappa shape index (κ2) is 9.68. The zero-order valence-electron chi connectivity index (χ0n) is 12.1. The lowest BCUT2D eigenvalue weighted by Crippen LogP contribution is -2.44. The van der Waals surface area contributed by atoms with Crippen molar-refractivity contribution in [2.24, 2.45) is 0 Å². The Bertz CT molecular complexity index is 369. The van der Waals surface area contributed by atoms with E-state index in [4.69, 9.17) is 27.9 Å². The number of hydrogen-bond donors (Lipinski definition) is 1. The van der Waals surface area contributed by atoms with Gasteiger partial charge in [0.1, 0.15) is 11.6 Å². The standard InChI is InChI=1S/C12H19Cl2NO6/c1-12(2,3)21-11(18)15-8(10(17)20-7-14)4-5-9(16)19-6-13/h8H,4-7H2,1-3H3,(H,15,18). The molecule has 0 aliphatic rings. The first-order valence-corrected chi connectivity index (χ1v) is 7.20. The fourth-order valence-corrected chi connectivity index (χ4v) is 1.48. The van der Waals surface area contributed by atoms with Crippen LogP contribution in [-0.2, 0) is 23.8 Å². The molecular weight excluding hydrogens is 325 g/mol. The highest BCUT2D eigenvalue weighted by Gasteiger charge is 2.26. The predicted octanol–water partition coefficient (Wildman–Crippen LogP) is 2.14. The summed E-state index contributed by atoms with van der Waals surface area (Å²) in [5, 5.41) is 2.32. The maximum Gasteiger partial charge on any atom is 0.408 e. The molecule has 0 aromatic carbocycles. The molecule has 0 aromatic heterocycles. The van der Waals surface area contributed by atoms with E-state index >= 15 is 0 Å². The molecule has 0 fully saturated rings. The van der Waals surface area contributed by atoms with Crippen molar-refractivity contribution in [2.45, 2.75) is 45.3 Å². The summed E-state index contributed by atoms with van der Waals surface area (Å²) in [6.07, 6.45) is -0.945. The Hall–Kier alpha value is -1.21. The van der Waals surface area contributed by atoms with Gasteiger partial charge in [-0.2, -0.15) is 0 Å². The Balaban J connectivity index is 4.56. The molecular formula is C12H19Cl2NO6. The van der Waals surface area contributed by atoms with Crippen molar-refractivity contribution in [3.63, 3.8) is 0 Å². The van der Waals surface area contributed by atoms with Gasteiger partial charge in [0.05, 0.1) is 0 Å². The summed E-state index contributed by atoms with van der Waals surface area (Å²) >= 11 is 10.5. The molecule has 0 bridgehead atoms. The molecule has 1 unspecified atom stereocenters. The number of halogens is 2. The van der Waals surface area contributed by atoms with Gasteiger partial charge in [-0.05, 0) is 27.2 Å². The first-order valence-electron chi connectivity index (χ1n) is 6.13. The number of ether oxygens (including phenoxy) is 3. The molecule has 0 saturated carbocycles. The molecule has 0 heterocycles. The van der Waals surface area contributed by atoms with Crippen molar-refractivity contribution in [3.8, 4) is 0 Å². The number of alkyl carbamates (subject to hydrolysis) is 1. The van der Waals surface area contributed by atoms with Crippen LogP contribution in [0.1, 0.15) is 33.6 Å². The van der Waals surface area contributed by atoms with Crippen LogP contribution >= 0.6 is 23.2 Å². The van der Waals surface area contributed by atoms with E-state index in [1.807, 2.05) is 0 Å². The molecule has 0 aromatic rings. The Kier molecular flexibility index (Phi) is 9.12. The highest BCUT2D eigenvalue weighted by molar-refractivity contribution is 6.17. The van der Waals surface area contributed by atoms with Gasteiger partial charge >= 0.3 is 18.0 Å². The average molecular weight is 344 g/mol. The second-order valence-corrected chi connectivity index (χ2v) is 5.37. The van der Waals surface area contributed by atoms with Crippen LogP contribution in [0, 0.1) is 0 Å². The molecule has 9 heteroatoms. The number of hydrogen-bond acceptors (Lipinski definition) is 6. The van der Waals surface area contributed by atoms with Crippen molar-refractivity contribution in [2.75, 3.05) is 12.1 Å². The highest BCUT2D eigenvalue weighted by atomic mass is 35.5. The van der Waals surface area contributed by atoms with E-state index < -0.39 is 29.7 Å². The summed E-state index contributed by atoms with van der Waals surface area (Å²) in [5.41, 5.74) is -0.720. The molecule has 1 amide bonds. The van der Waals surface area contributed by atoms with Crippen molar-refractivity contribution in [3.05, 3.63) is 0 Å². The quantitative estimate of drug-likeness (QED) is 0.432. The Labute approximate surface area is 133 Å². The second-order valence-electron chi connectivity index (χ2n) is 4.94. The van der Waals surface area contributed by atoms with Crippen molar-refractivity contribution >= 4 is 41.2 Å². The Morgan fingerprint density at radius 2 is 1.67 bits per heavy atom. The van der Waals surface area contributed by atoms with Crippen molar-refractivity contribution in [1.29, 1.82) is 0 Å². The van der Waals surface area contributed by atoms with Gasteiger partial charge in [-0.25, -0.2) is 9.59 Å². The topological polar surface area (TPSA) is 90.9 Å². The lowest BCUT2D eigenvalue weighted by Gasteiger charge is -2.22. The van der Waals surface area contributed by atoms with E-state index in [9.17, 15) is 14.4 Å². The van der Waals surface area contributed by atoms with E-state index in [0.717, 1.165) is 0 Å². The molecule has 0 aliphatic heterocycles. The van der Waals surface area contributed by atoms with E-state index in [2.05, 4.69) is 14.8 Å². The number of esters is 2. The van der Waals surface area contributed by atoms with Crippen LogP contribution in [0.5, 0.6) is 0 Å². The maximum absolute atomic E-state index is 11.7. The first kappa shape index (κ1) is 19.8. The monoisotopic (exact) mass is 343 g/mol. The minimum Gasteiger partial charge on any atom is -0.449 e. The predicted molar refractivity (Wildman–Crippen MR) is 76.0 cm³/mol. The summed E-state index contributed by atoms with van der Waals surface area (Å²) in [6.45, 7) is 5.03. The van der Waals surface area contributed by atoms with Crippen LogP contribution in [-0.4, -0.2) is 41.8 Å². The van der Waals surface area contributed by atoms with Crippen LogP contribution in [0.25, 0.3) is 0 Å². The minimum absolute atomic E-state index is 0.0231. The maximum atomic E-state index is 11.7. The third kappa shape index (κ3) is 10.2. The Morgan fingerprint density at radius 3 is 2.14 bits per heavy atom. The highest BCUT2D eigenvalue weighted by Crippen LogP contribution is 2.09. The molecule has 0 aliphatic carbocycles. The zero-order valence-corrected chi connectivity index (χ0v) is 13.6. The van der Waals surface area contributed by atoms with Gasteiger partial charge in [-0.15, -0.1) is 0 Å². The van der Waals surface area contributed by atoms with Gasteiger partial charge in [0, 0.05) is 6.42 Å². The van der Waals surface area contributed by atoms with Gasteiger partial charge in [0.15, 0.2) is 12.1 Å². The number of carbonyl (C=O) groups excluding carboxylic acids is 3. The fraction of sp³-hybridized carbons (Fsp3) is 0.750. The molecule has 7 nitrogen and oxygen atoms in total. The molecule has 0 rings (SSSR count). The van der Waals surface area contributed by atoms with E-state index in [-0.39, 0.29) is 25.0 Å². The molecule has 1 N–H and O–H groups in total. The van der Waals surface area contributed by atoms with Crippen LogP contribution < -0.4 is 5.32 Å². The molecule has 21 heavy (non-hydrogen) atoms. The van der Waals surface area contributed by atoms with Crippen LogP contribution in [0.2, 0.25) is 0 Å². The smallest absolute Gasteiger partial charge is 0.408 e. The molecule has 122 valence electrons. The molecule has 0 spiro atoms. The number of rotatable bonds is 7. The van der Waals surface area contributed by atoms with Crippen LogP contribution in [0.3, 0.4) is 0 Å². The lowest BCUT2D eigenvalue weighted by molar-refractivity contribution is -0.145. The largest absolute Gasteiger partial charge is 0.449 e. The van der Waals surface area contributed by atoms with E-state index in [1.165, 1.54) is 0 Å². The van der Waals surface area contributed by atoms with Crippen LogP contribution in [0.4, 0.5) is 4.79 Å². The van der Waals surface area contributed by atoms with Gasteiger partial charge < -0.3 is 19.5 Å². The zero-order chi connectivity index (χ0) is 16.5. The van der Waals surface area contributed by atoms with Gasteiger partial charge in [-0.3, -0.25) is 4.79 Å². The molecule has 1 atom stereocenters. The summed E-state index contributed by atoms with van der Waals surface area (Å²) < 4.78 is 14.1. The third-order valence-electron chi connectivity index (χ3n) is 2.02. The number of carbonyl (C=O) groups is 3. The summed E-state index contributed by atoms with van der Waals surface area (Å²) in [4.78, 5) is 34.5. The molecule has 0 saturated heterocycles. The normalized spacial score (nSPS) is 12.2. The first-order chi connectivity index (χ1) is 9.69. The van der Waals surface area contributed by atoms with Crippen LogP contribution in [0.15, 0.2) is 0 Å². The van der Waals surface area contributed by atoms with E-state index in [0.29, 0.717) is 0 Å². The summed E-state index contributed by atoms with van der Waals surface area (Å²) in [6, 6.07) is -1.71. The third-order valence-corrected chi connectivity index (χ3v) is 2.24. The van der Waals surface area contributed by atoms with Crippen molar-refractivity contribution < 1.29 is 28.6 Å². The Morgan fingerprint density at radius 1 is 1.10 bits per heavy atom. The van der Waals surface area contributed by atoms with Crippen molar-refractivity contribution in [1.82, 2.24) is 5.32 Å². The van der Waals surface area contributed by atoms with E-state index in [1.54, 1.807) is 20.8 Å². The number of nitrogens with one attached hydrogen (secondary N) is 1. The minimum atomic E-state index is -1.07. The summed E-state index contributed by atoms with van der Waals surface area (Å²) in [5.74, 6) is -1.37. The summed E-state index contributed by atoms with van der Waals surface area (Å²) in [7, 11) is 0. The lowest BCUT2D eigenvalue weighted by atomic mass is 10.1. The van der Waals surface area contributed by atoms with Gasteiger partial charge in [-0.1, -0.05) is 23.2 Å². The average Bonchev–Trinajstić information content (AvgIpc) is 2.32.